The Morgan fingerprint density at radius 3 is 1.96 bits per heavy atom. The number of fused-ring (bicyclic) bond motifs is 7. The minimum atomic E-state index is 0.890. The van der Waals surface area contributed by atoms with Gasteiger partial charge in [0.15, 0.2) is 0 Å². The molecule has 0 aliphatic rings. The lowest BCUT2D eigenvalue weighted by Crippen LogP contribution is -2.10. The summed E-state index contributed by atoms with van der Waals surface area (Å²) in [5.41, 5.74) is 9.94. The van der Waals surface area contributed by atoms with Crippen LogP contribution < -0.4 is 4.90 Å². The summed E-state index contributed by atoms with van der Waals surface area (Å²) < 4.78 is 8.86. The fraction of sp³-hybridized carbons (Fsp3) is 0. The van der Waals surface area contributed by atoms with Crippen molar-refractivity contribution in [1.82, 2.24) is 0 Å². The summed E-state index contributed by atoms with van der Waals surface area (Å²) >= 11 is 1.87. The van der Waals surface area contributed by atoms with Crippen LogP contribution in [0.2, 0.25) is 0 Å². The van der Waals surface area contributed by atoms with Crippen molar-refractivity contribution in [1.29, 1.82) is 0 Å². The first-order valence-corrected chi connectivity index (χ1v) is 17.4. The van der Waals surface area contributed by atoms with Crippen molar-refractivity contribution >= 4 is 81.3 Å². The van der Waals surface area contributed by atoms with Crippen molar-refractivity contribution < 1.29 is 4.42 Å². The van der Waals surface area contributed by atoms with Crippen LogP contribution in [0.5, 0.6) is 0 Å². The molecule has 0 unspecified atom stereocenters. The molecule has 3 heteroatoms. The summed E-state index contributed by atoms with van der Waals surface area (Å²) in [6.45, 7) is 0. The molecule has 10 rings (SSSR count). The highest BCUT2D eigenvalue weighted by molar-refractivity contribution is 7.26. The zero-order valence-corrected chi connectivity index (χ0v) is 27.3. The summed E-state index contributed by atoms with van der Waals surface area (Å²) in [6.07, 6.45) is 0. The fourth-order valence-electron chi connectivity index (χ4n) is 7.35. The van der Waals surface area contributed by atoms with E-state index in [9.17, 15) is 0 Å². The normalized spacial score (nSPS) is 11.7. The van der Waals surface area contributed by atoms with E-state index >= 15 is 0 Å². The van der Waals surface area contributed by atoms with E-state index in [2.05, 4.69) is 169 Å². The number of nitrogens with zero attached hydrogens (tertiary/aromatic N) is 1. The van der Waals surface area contributed by atoms with E-state index in [-0.39, 0.29) is 0 Å². The van der Waals surface area contributed by atoms with E-state index in [1.807, 2.05) is 23.5 Å². The maximum Gasteiger partial charge on any atom is 0.135 e. The molecule has 0 aliphatic carbocycles. The van der Waals surface area contributed by atoms with Crippen LogP contribution in [0.4, 0.5) is 17.1 Å². The highest BCUT2D eigenvalue weighted by Crippen LogP contribution is 2.43. The van der Waals surface area contributed by atoms with E-state index in [0.29, 0.717) is 0 Å². The molecular formula is C46H29NOS. The molecule has 0 spiro atoms. The van der Waals surface area contributed by atoms with Gasteiger partial charge in [0.1, 0.15) is 11.2 Å². The predicted octanol–water partition coefficient (Wildman–Crippen LogP) is 13.9. The van der Waals surface area contributed by atoms with Crippen molar-refractivity contribution in [2.75, 3.05) is 4.90 Å². The number of rotatable bonds is 5. The van der Waals surface area contributed by atoms with Gasteiger partial charge in [-0.3, -0.25) is 0 Å². The Morgan fingerprint density at radius 1 is 0.388 bits per heavy atom. The first-order chi connectivity index (χ1) is 24.3. The van der Waals surface area contributed by atoms with Gasteiger partial charge in [0.05, 0.1) is 0 Å². The fourth-order valence-corrected chi connectivity index (χ4v) is 8.59. The lowest BCUT2D eigenvalue weighted by molar-refractivity contribution is 0.669. The van der Waals surface area contributed by atoms with Gasteiger partial charge in [-0.15, -0.1) is 11.3 Å². The molecule has 0 fully saturated rings. The third kappa shape index (κ3) is 4.62. The zero-order valence-electron chi connectivity index (χ0n) is 26.5. The van der Waals surface area contributed by atoms with E-state index < -0.39 is 0 Å². The molecule has 8 aromatic carbocycles. The van der Waals surface area contributed by atoms with Crippen molar-refractivity contribution in [3.63, 3.8) is 0 Å². The SMILES string of the molecule is c1cc(-c2cccc3c2sc2ccccc23)cc(N(c2ccc(-c3cccc4ccccc34)cc2)c2ccc3oc4ccccc4c3c2)c1. The Labute approximate surface area is 287 Å². The summed E-state index contributed by atoms with van der Waals surface area (Å²) in [5, 5.41) is 7.36. The van der Waals surface area contributed by atoms with Crippen LogP contribution in [0.1, 0.15) is 0 Å². The van der Waals surface area contributed by atoms with Crippen LogP contribution in [-0.2, 0) is 0 Å². The molecule has 230 valence electrons. The lowest BCUT2D eigenvalue weighted by atomic mass is 9.98. The third-order valence-electron chi connectivity index (χ3n) is 9.66. The number of hydrogen-bond acceptors (Lipinski definition) is 3. The topological polar surface area (TPSA) is 16.4 Å². The van der Waals surface area contributed by atoms with Gasteiger partial charge in [0, 0.05) is 48.0 Å². The van der Waals surface area contributed by atoms with Gasteiger partial charge < -0.3 is 9.32 Å². The molecule has 2 nitrogen and oxygen atoms in total. The molecule has 2 aromatic heterocycles. The minimum absolute atomic E-state index is 0.890. The van der Waals surface area contributed by atoms with E-state index in [0.717, 1.165) is 39.0 Å². The van der Waals surface area contributed by atoms with E-state index in [4.69, 9.17) is 4.42 Å². The minimum Gasteiger partial charge on any atom is -0.456 e. The Morgan fingerprint density at radius 2 is 1.04 bits per heavy atom. The largest absolute Gasteiger partial charge is 0.456 e. The standard InChI is InChI=1S/C46H29NOS/c1-2-14-36-30(10-1)11-8-17-37(36)31-22-24-33(25-23-31)47(35-26-27-44-42(29-35)39-15-3-5-20-43(39)48-44)34-13-7-12-32(28-34)38-18-9-19-41-40-16-4-6-21-45(40)49-46(38)41/h1-29H. The van der Waals surface area contributed by atoms with Crippen molar-refractivity contribution in [3.8, 4) is 22.3 Å². The van der Waals surface area contributed by atoms with Gasteiger partial charge in [0.2, 0.25) is 0 Å². The molecular weight excluding hydrogens is 615 g/mol. The average molecular weight is 644 g/mol. The summed E-state index contributed by atoms with van der Waals surface area (Å²) in [4.78, 5) is 2.36. The van der Waals surface area contributed by atoms with Crippen LogP contribution in [0, 0.1) is 0 Å². The Kier molecular flexibility index (Phi) is 6.39. The van der Waals surface area contributed by atoms with Crippen LogP contribution in [0.3, 0.4) is 0 Å². The molecule has 0 radical (unpaired) electrons. The molecule has 2 heterocycles. The second kappa shape index (κ2) is 11.2. The van der Waals surface area contributed by atoms with Gasteiger partial charge in [0.25, 0.3) is 0 Å². The monoisotopic (exact) mass is 643 g/mol. The highest BCUT2D eigenvalue weighted by atomic mass is 32.1. The molecule has 0 bridgehead atoms. The Bertz CT molecular complexity index is 2840. The number of furan rings is 1. The summed E-state index contributed by atoms with van der Waals surface area (Å²) in [7, 11) is 0. The molecule has 0 aliphatic heterocycles. The second-order valence-corrected chi connectivity index (χ2v) is 13.6. The van der Waals surface area contributed by atoms with Crippen LogP contribution in [0.25, 0.3) is 75.1 Å². The van der Waals surface area contributed by atoms with Crippen molar-refractivity contribution in [3.05, 3.63) is 176 Å². The summed E-state index contributed by atoms with van der Waals surface area (Å²) in [6, 6.07) is 63.3. The van der Waals surface area contributed by atoms with Gasteiger partial charge in [-0.1, -0.05) is 121 Å². The third-order valence-corrected chi connectivity index (χ3v) is 10.9. The lowest BCUT2D eigenvalue weighted by Gasteiger charge is -2.26. The first-order valence-electron chi connectivity index (χ1n) is 16.6. The van der Waals surface area contributed by atoms with Gasteiger partial charge in [-0.05, 0) is 87.6 Å². The molecule has 49 heavy (non-hydrogen) atoms. The second-order valence-electron chi connectivity index (χ2n) is 12.5. The number of para-hydroxylation sites is 1. The molecule has 0 saturated heterocycles. The maximum atomic E-state index is 6.22. The Hall–Kier alpha value is -6.16. The maximum absolute atomic E-state index is 6.22. The van der Waals surface area contributed by atoms with Gasteiger partial charge in [-0.2, -0.15) is 0 Å². The quantitative estimate of drug-likeness (QED) is 0.186. The van der Waals surface area contributed by atoms with E-state index in [1.165, 1.54) is 53.2 Å². The number of hydrogen-bond donors (Lipinski definition) is 0. The average Bonchev–Trinajstić information content (AvgIpc) is 3.74. The Balaban J connectivity index is 1.14. The summed E-state index contributed by atoms with van der Waals surface area (Å²) in [5.74, 6) is 0. The number of benzene rings is 8. The smallest absolute Gasteiger partial charge is 0.135 e. The van der Waals surface area contributed by atoms with Crippen molar-refractivity contribution in [2.24, 2.45) is 0 Å². The highest BCUT2D eigenvalue weighted by Gasteiger charge is 2.18. The first kappa shape index (κ1) is 27.9. The molecule has 10 aromatic rings. The van der Waals surface area contributed by atoms with Gasteiger partial charge in [-0.25, -0.2) is 0 Å². The van der Waals surface area contributed by atoms with Gasteiger partial charge >= 0.3 is 0 Å². The molecule has 0 N–H and O–H groups in total. The zero-order chi connectivity index (χ0) is 32.3. The van der Waals surface area contributed by atoms with Crippen LogP contribution in [0.15, 0.2) is 180 Å². The molecule has 0 atom stereocenters. The number of thiophene rings is 1. The van der Waals surface area contributed by atoms with Crippen LogP contribution in [-0.4, -0.2) is 0 Å². The van der Waals surface area contributed by atoms with E-state index in [1.54, 1.807) is 0 Å². The van der Waals surface area contributed by atoms with Crippen LogP contribution >= 0.6 is 11.3 Å². The predicted molar refractivity (Wildman–Crippen MR) is 210 cm³/mol. The molecule has 0 saturated carbocycles. The molecule has 0 amide bonds. The number of anilines is 3. The van der Waals surface area contributed by atoms with Crippen molar-refractivity contribution in [2.45, 2.75) is 0 Å².